The maximum atomic E-state index is 11.7. The summed E-state index contributed by atoms with van der Waals surface area (Å²) in [5.41, 5.74) is 1.43. The van der Waals surface area contributed by atoms with Crippen LogP contribution in [0.5, 0.6) is 0 Å². The van der Waals surface area contributed by atoms with Gasteiger partial charge in [0.15, 0.2) is 0 Å². The fourth-order valence-corrected chi connectivity index (χ4v) is 3.10. The lowest BCUT2D eigenvalue weighted by molar-refractivity contribution is -0.139. The number of thiophene rings is 1. The third-order valence-electron chi connectivity index (χ3n) is 2.90. The summed E-state index contributed by atoms with van der Waals surface area (Å²) in [6.45, 7) is 0. The molecule has 0 aliphatic heterocycles. The Hall–Kier alpha value is -2.21. The molecule has 19 heavy (non-hydrogen) atoms. The van der Waals surface area contributed by atoms with Gasteiger partial charge in [0.2, 0.25) is 0 Å². The van der Waals surface area contributed by atoms with E-state index in [9.17, 15) is 9.59 Å². The molecule has 0 unspecified atom stereocenters. The number of methoxy groups -OCH3 is 1. The molecule has 0 spiro atoms. The number of H-pyrrole nitrogens is 1. The van der Waals surface area contributed by atoms with E-state index < -0.39 is 0 Å². The average Bonchev–Trinajstić information content (AvgIpc) is 2.78. The summed E-state index contributed by atoms with van der Waals surface area (Å²) in [6, 6.07) is 5.64. The van der Waals surface area contributed by atoms with Gasteiger partial charge in [-0.25, -0.2) is 4.98 Å². The van der Waals surface area contributed by atoms with Gasteiger partial charge in [-0.15, -0.1) is 11.3 Å². The number of carbonyl (C=O) groups is 1. The fourth-order valence-electron chi connectivity index (χ4n) is 1.98. The summed E-state index contributed by atoms with van der Waals surface area (Å²) in [6.07, 6.45) is 1.63. The van der Waals surface area contributed by atoms with Gasteiger partial charge in [-0.05, 0) is 11.6 Å². The van der Waals surface area contributed by atoms with Crippen molar-refractivity contribution in [1.82, 2.24) is 9.97 Å². The summed E-state index contributed by atoms with van der Waals surface area (Å²) in [5, 5.41) is 0.930. The molecule has 2 aromatic heterocycles. The summed E-state index contributed by atoms with van der Waals surface area (Å²) in [4.78, 5) is 29.7. The predicted molar refractivity (Wildman–Crippen MR) is 73.5 cm³/mol. The van der Waals surface area contributed by atoms with Gasteiger partial charge < -0.3 is 9.72 Å². The van der Waals surface area contributed by atoms with E-state index in [1.54, 1.807) is 0 Å². The van der Waals surface area contributed by atoms with Gasteiger partial charge in [0.05, 0.1) is 25.4 Å². The molecule has 0 amide bonds. The highest BCUT2D eigenvalue weighted by Gasteiger charge is 2.10. The Bertz CT molecular complexity index is 835. The van der Waals surface area contributed by atoms with Crippen LogP contribution in [0, 0.1) is 0 Å². The number of hydrogen-bond donors (Lipinski definition) is 1. The third-order valence-corrected chi connectivity index (χ3v) is 4.04. The van der Waals surface area contributed by atoms with Gasteiger partial charge in [-0.2, -0.15) is 0 Å². The topological polar surface area (TPSA) is 72.1 Å². The molecule has 1 aromatic carbocycles. The van der Waals surface area contributed by atoms with Gasteiger partial charge >= 0.3 is 5.97 Å². The molecule has 0 bridgehead atoms. The van der Waals surface area contributed by atoms with Crippen LogP contribution in [0.3, 0.4) is 0 Å². The van der Waals surface area contributed by atoms with Crippen LogP contribution in [0.15, 0.2) is 29.3 Å². The lowest BCUT2D eigenvalue weighted by atomic mass is 10.1. The van der Waals surface area contributed by atoms with Crippen LogP contribution in [0.1, 0.15) is 5.56 Å². The second kappa shape index (κ2) is 4.47. The minimum absolute atomic E-state index is 0.138. The summed E-state index contributed by atoms with van der Waals surface area (Å²) in [5.74, 6) is -0.281. The predicted octanol–water partition coefficient (Wildman–Crippen LogP) is 1.85. The highest BCUT2D eigenvalue weighted by molar-refractivity contribution is 7.25. The van der Waals surface area contributed by atoms with Crippen molar-refractivity contribution in [3.8, 4) is 0 Å². The molecular weight excluding hydrogens is 264 g/mol. The van der Waals surface area contributed by atoms with Crippen molar-refractivity contribution < 1.29 is 9.53 Å². The number of carbonyl (C=O) groups excluding carboxylic acids is 1. The van der Waals surface area contributed by atoms with E-state index in [0.29, 0.717) is 10.2 Å². The van der Waals surface area contributed by atoms with Crippen LogP contribution in [0.4, 0.5) is 0 Å². The Morgan fingerprint density at radius 2 is 2.32 bits per heavy atom. The largest absolute Gasteiger partial charge is 0.469 e. The standard InChI is InChI=1S/C13H10N2O3S/c1-18-10(16)5-7-2-3-8-9(4-7)19-12-11(8)14-6-15-13(12)17/h2-4,6H,5H2,1H3,(H,14,15,17). The Balaban J connectivity index is 2.19. The van der Waals surface area contributed by atoms with Crippen LogP contribution in [0.25, 0.3) is 20.3 Å². The summed E-state index contributed by atoms with van der Waals surface area (Å²) < 4.78 is 6.19. The lowest BCUT2D eigenvalue weighted by Crippen LogP contribution is -2.04. The molecule has 2 heterocycles. The van der Waals surface area contributed by atoms with E-state index in [2.05, 4.69) is 14.7 Å². The maximum absolute atomic E-state index is 11.7. The molecule has 0 aliphatic rings. The Kier molecular flexibility index (Phi) is 2.79. The van der Waals surface area contributed by atoms with E-state index in [1.807, 2.05) is 18.2 Å². The zero-order valence-corrected chi connectivity index (χ0v) is 10.9. The van der Waals surface area contributed by atoms with Crippen molar-refractivity contribution in [2.45, 2.75) is 6.42 Å². The number of hydrogen-bond acceptors (Lipinski definition) is 5. The summed E-state index contributed by atoms with van der Waals surface area (Å²) in [7, 11) is 1.36. The Labute approximate surface area is 111 Å². The normalized spacial score (nSPS) is 11.0. The van der Waals surface area contributed by atoms with Gasteiger partial charge in [0, 0.05) is 10.1 Å². The smallest absolute Gasteiger partial charge is 0.309 e. The third kappa shape index (κ3) is 2.00. The van der Waals surface area contributed by atoms with E-state index in [0.717, 1.165) is 15.6 Å². The average molecular weight is 274 g/mol. The van der Waals surface area contributed by atoms with Crippen LogP contribution in [0.2, 0.25) is 0 Å². The van der Waals surface area contributed by atoms with Gasteiger partial charge in [-0.1, -0.05) is 12.1 Å². The first kappa shape index (κ1) is 11.9. The molecule has 1 N–H and O–H groups in total. The number of aromatic nitrogens is 2. The van der Waals surface area contributed by atoms with Crippen LogP contribution in [-0.2, 0) is 16.0 Å². The molecule has 0 saturated carbocycles. The summed E-state index contributed by atoms with van der Waals surface area (Å²) >= 11 is 1.38. The molecule has 96 valence electrons. The number of aromatic amines is 1. The number of esters is 1. The minimum Gasteiger partial charge on any atom is -0.469 e. The molecule has 3 aromatic rings. The van der Waals surface area contributed by atoms with Crippen LogP contribution in [-0.4, -0.2) is 23.0 Å². The minimum atomic E-state index is -0.281. The zero-order chi connectivity index (χ0) is 13.4. The Morgan fingerprint density at radius 1 is 1.47 bits per heavy atom. The number of rotatable bonds is 2. The molecule has 6 heteroatoms. The van der Waals surface area contributed by atoms with Crippen LogP contribution >= 0.6 is 11.3 Å². The lowest BCUT2D eigenvalue weighted by Gasteiger charge is -1.99. The second-order valence-corrected chi connectivity index (χ2v) is 5.15. The number of fused-ring (bicyclic) bond motifs is 3. The van der Waals surface area contributed by atoms with E-state index >= 15 is 0 Å². The maximum Gasteiger partial charge on any atom is 0.309 e. The molecule has 0 atom stereocenters. The molecular formula is C13H10N2O3S. The van der Waals surface area contributed by atoms with Crippen molar-refractivity contribution in [1.29, 1.82) is 0 Å². The highest BCUT2D eigenvalue weighted by atomic mass is 32.1. The first-order valence-corrected chi connectivity index (χ1v) is 6.46. The van der Waals surface area contributed by atoms with Crippen molar-refractivity contribution in [3.05, 3.63) is 40.4 Å². The number of nitrogens with zero attached hydrogens (tertiary/aromatic N) is 1. The highest BCUT2D eigenvalue weighted by Crippen LogP contribution is 2.30. The number of nitrogens with one attached hydrogen (secondary N) is 1. The van der Waals surface area contributed by atoms with Crippen molar-refractivity contribution in [2.24, 2.45) is 0 Å². The van der Waals surface area contributed by atoms with Crippen LogP contribution < -0.4 is 5.56 Å². The number of benzene rings is 1. The SMILES string of the molecule is COC(=O)Cc1ccc2c(c1)sc1c(=O)[nH]cnc12. The molecule has 0 saturated heterocycles. The van der Waals surface area contributed by atoms with Gasteiger partial charge in [-0.3, -0.25) is 9.59 Å². The fraction of sp³-hybridized carbons (Fsp3) is 0.154. The van der Waals surface area contributed by atoms with E-state index in [-0.39, 0.29) is 17.9 Å². The van der Waals surface area contributed by atoms with Crippen molar-refractivity contribution >= 4 is 37.6 Å². The molecule has 0 fully saturated rings. The first-order chi connectivity index (χ1) is 9.19. The second-order valence-electron chi connectivity index (χ2n) is 4.09. The first-order valence-electron chi connectivity index (χ1n) is 5.64. The Morgan fingerprint density at radius 3 is 3.11 bits per heavy atom. The molecule has 5 nitrogen and oxygen atoms in total. The van der Waals surface area contributed by atoms with E-state index in [4.69, 9.17) is 0 Å². The van der Waals surface area contributed by atoms with Gasteiger partial charge in [0.1, 0.15) is 4.70 Å². The van der Waals surface area contributed by atoms with Crippen molar-refractivity contribution in [2.75, 3.05) is 7.11 Å². The molecule has 0 radical (unpaired) electrons. The van der Waals surface area contributed by atoms with Gasteiger partial charge in [0.25, 0.3) is 5.56 Å². The van der Waals surface area contributed by atoms with Crippen molar-refractivity contribution in [3.63, 3.8) is 0 Å². The quantitative estimate of drug-likeness (QED) is 0.724. The number of ether oxygens (including phenoxy) is 1. The van der Waals surface area contributed by atoms with E-state index in [1.165, 1.54) is 24.8 Å². The molecule has 3 rings (SSSR count). The monoisotopic (exact) mass is 274 g/mol. The zero-order valence-electron chi connectivity index (χ0n) is 10.1. The molecule has 0 aliphatic carbocycles.